The van der Waals surface area contributed by atoms with Crippen molar-refractivity contribution in [1.29, 1.82) is 0 Å². The highest BCUT2D eigenvalue weighted by Gasteiger charge is 2.18. The second-order valence-corrected chi connectivity index (χ2v) is 6.34. The van der Waals surface area contributed by atoms with Crippen LogP contribution in [0.3, 0.4) is 0 Å². The maximum absolute atomic E-state index is 5.97. The van der Waals surface area contributed by atoms with Crippen molar-refractivity contribution in [3.63, 3.8) is 0 Å². The average Bonchev–Trinajstić information content (AvgIpc) is 2.96. The molecular formula is C17H23ClN4O. The van der Waals surface area contributed by atoms with Gasteiger partial charge in [-0.2, -0.15) is 5.10 Å². The van der Waals surface area contributed by atoms with Gasteiger partial charge in [0.15, 0.2) is 5.82 Å². The quantitative estimate of drug-likeness (QED) is 0.882. The molecule has 6 heteroatoms. The fourth-order valence-corrected chi connectivity index (χ4v) is 3.12. The first-order valence-corrected chi connectivity index (χ1v) is 8.64. The second-order valence-electron chi connectivity index (χ2n) is 5.90. The monoisotopic (exact) mass is 334 g/mol. The smallest absolute Gasteiger partial charge is 0.188 e. The first kappa shape index (κ1) is 16.3. The maximum Gasteiger partial charge on any atom is 0.188 e. The highest BCUT2D eigenvalue weighted by atomic mass is 35.5. The normalized spacial score (nSPS) is 15.7. The highest BCUT2D eigenvalue weighted by Crippen LogP contribution is 2.19. The third-order valence-corrected chi connectivity index (χ3v) is 4.42. The van der Waals surface area contributed by atoms with E-state index in [0.29, 0.717) is 17.5 Å². The Labute approximate surface area is 142 Å². The molecule has 1 fully saturated rings. The lowest BCUT2D eigenvalue weighted by atomic mass is 9.94. The predicted molar refractivity (Wildman–Crippen MR) is 90.8 cm³/mol. The van der Waals surface area contributed by atoms with E-state index in [1.54, 1.807) is 6.07 Å². The van der Waals surface area contributed by atoms with Crippen molar-refractivity contribution < 1.29 is 4.74 Å². The Bertz CT molecular complexity index is 637. The number of ether oxygens (including phenoxy) is 1. The van der Waals surface area contributed by atoms with Gasteiger partial charge in [0.25, 0.3) is 0 Å². The van der Waals surface area contributed by atoms with Crippen molar-refractivity contribution in [2.24, 2.45) is 5.92 Å². The lowest BCUT2D eigenvalue weighted by Crippen LogP contribution is -2.29. The summed E-state index contributed by atoms with van der Waals surface area (Å²) in [6, 6.07) is 7.39. The summed E-state index contributed by atoms with van der Waals surface area (Å²) in [6.07, 6.45) is 3.43. The van der Waals surface area contributed by atoms with Crippen LogP contribution in [0, 0.1) is 5.92 Å². The molecule has 2 heterocycles. The van der Waals surface area contributed by atoms with Gasteiger partial charge in [-0.25, -0.2) is 9.67 Å². The Hall–Kier alpha value is -1.59. The number of aryl methyl sites for hydroxylation is 1. The van der Waals surface area contributed by atoms with Crippen LogP contribution < -0.4 is 10.1 Å². The Morgan fingerprint density at radius 1 is 1.35 bits per heavy atom. The molecule has 124 valence electrons. The number of rotatable bonds is 6. The first-order valence-electron chi connectivity index (χ1n) is 8.26. The van der Waals surface area contributed by atoms with Gasteiger partial charge in [0.2, 0.25) is 0 Å². The lowest BCUT2D eigenvalue weighted by Gasteiger charge is -2.21. The van der Waals surface area contributed by atoms with Gasteiger partial charge < -0.3 is 10.1 Å². The molecule has 1 N–H and O–H groups in total. The van der Waals surface area contributed by atoms with Crippen LogP contribution in [0.2, 0.25) is 5.02 Å². The van der Waals surface area contributed by atoms with Crippen LogP contribution in [-0.4, -0.2) is 27.9 Å². The predicted octanol–water partition coefficient (Wildman–Crippen LogP) is 3.07. The van der Waals surface area contributed by atoms with Crippen LogP contribution in [0.4, 0.5) is 0 Å². The van der Waals surface area contributed by atoms with Crippen molar-refractivity contribution in [1.82, 2.24) is 20.1 Å². The summed E-state index contributed by atoms with van der Waals surface area (Å²) in [5.41, 5.74) is 0. The SMILES string of the molecule is CCn1nc(COc2cccc(Cl)c2)nc1CC1CCNCC1. The third kappa shape index (κ3) is 4.45. The van der Waals surface area contributed by atoms with Gasteiger partial charge in [-0.05, 0) is 57.0 Å². The second kappa shape index (κ2) is 7.79. The molecule has 3 rings (SSSR count). The summed E-state index contributed by atoms with van der Waals surface area (Å²) in [6.45, 7) is 5.52. The van der Waals surface area contributed by atoms with E-state index < -0.39 is 0 Å². The zero-order chi connectivity index (χ0) is 16.1. The number of hydrogen-bond acceptors (Lipinski definition) is 4. The summed E-state index contributed by atoms with van der Waals surface area (Å²) >= 11 is 5.97. The standard InChI is InChI=1S/C17H23ClN4O/c1-2-22-17(10-13-6-8-19-9-7-13)20-16(21-22)12-23-15-5-3-4-14(18)11-15/h3-5,11,13,19H,2,6-10,12H2,1H3. The topological polar surface area (TPSA) is 52.0 Å². The van der Waals surface area contributed by atoms with Gasteiger partial charge in [-0.3, -0.25) is 0 Å². The van der Waals surface area contributed by atoms with E-state index in [9.17, 15) is 0 Å². The molecule has 0 saturated carbocycles. The van der Waals surface area contributed by atoms with Crippen molar-refractivity contribution in [3.05, 3.63) is 40.9 Å². The fourth-order valence-electron chi connectivity index (χ4n) is 2.94. The molecule has 23 heavy (non-hydrogen) atoms. The molecule has 5 nitrogen and oxygen atoms in total. The maximum atomic E-state index is 5.97. The zero-order valence-electron chi connectivity index (χ0n) is 13.5. The van der Waals surface area contributed by atoms with Crippen molar-refractivity contribution in [2.75, 3.05) is 13.1 Å². The van der Waals surface area contributed by atoms with E-state index in [1.807, 2.05) is 22.9 Å². The number of benzene rings is 1. The molecule has 0 bridgehead atoms. The zero-order valence-corrected chi connectivity index (χ0v) is 14.2. The molecule has 2 aromatic rings. The fraction of sp³-hybridized carbons (Fsp3) is 0.529. The molecule has 1 saturated heterocycles. The minimum atomic E-state index is 0.368. The minimum Gasteiger partial charge on any atom is -0.485 e. The van der Waals surface area contributed by atoms with Gasteiger partial charge in [-0.1, -0.05) is 17.7 Å². The van der Waals surface area contributed by atoms with Crippen LogP contribution >= 0.6 is 11.6 Å². The minimum absolute atomic E-state index is 0.368. The number of piperidine rings is 1. The van der Waals surface area contributed by atoms with E-state index in [4.69, 9.17) is 16.3 Å². The average molecular weight is 335 g/mol. The number of hydrogen-bond donors (Lipinski definition) is 1. The van der Waals surface area contributed by atoms with Gasteiger partial charge in [-0.15, -0.1) is 0 Å². The molecular weight excluding hydrogens is 312 g/mol. The van der Waals surface area contributed by atoms with Gasteiger partial charge in [0, 0.05) is 18.0 Å². The number of nitrogens with zero attached hydrogens (tertiary/aromatic N) is 3. The van der Waals surface area contributed by atoms with E-state index in [-0.39, 0.29) is 0 Å². The Kier molecular flexibility index (Phi) is 5.51. The van der Waals surface area contributed by atoms with Crippen molar-refractivity contribution >= 4 is 11.6 Å². The summed E-state index contributed by atoms with van der Waals surface area (Å²) < 4.78 is 7.74. The molecule has 1 aromatic carbocycles. The van der Waals surface area contributed by atoms with Crippen LogP contribution in [-0.2, 0) is 19.6 Å². The molecule has 1 aliphatic rings. The van der Waals surface area contributed by atoms with E-state index >= 15 is 0 Å². The Morgan fingerprint density at radius 3 is 2.91 bits per heavy atom. The molecule has 0 atom stereocenters. The van der Waals surface area contributed by atoms with E-state index in [1.165, 1.54) is 12.8 Å². The number of halogens is 1. The molecule has 0 unspecified atom stereocenters. The Balaban J connectivity index is 1.63. The van der Waals surface area contributed by atoms with Crippen LogP contribution in [0.5, 0.6) is 5.75 Å². The molecule has 1 aliphatic heterocycles. The summed E-state index contributed by atoms with van der Waals surface area (Å²) in [4.78, 5) is 4.69. The third-order valence-electron chi connectivity index (χ3n) is 4.19. The van der Waals surface area contributed by atoms with Crippen molar-refractivity contribution in [3.8, 4) is 5.75 Å². The number of aromatic nitrogens is 3. The first-order chi connectivity index (χ1) is 11.2. The van der Waals surface area contributed by atoms with Gasteiger partial charge in [0.05, 0.1) is 0 Å². The van der Waals surface area contributed by atoms with Crippen LogP contribution in [0.25, 0.3) is 0 Å². The van der Waals surface area contributed by atoms with Gasteiger partial charge >= 0.3 is 0 Å². The molecule has 0 spiro atoms. The number of nitrogens with one attached hydrogen (secondary N) is 1. The highest BCUT2D eigenvalue weighted by molar-refractivity contribution is 6.30. The van der Waals surface area contributed by atoms with E-state index in [0.717, 1.165) is 43.5 Å². The van der Waals surface area contributed by atoms with E-state index in [2.05, 4.69) is 22.3 Å². The largest absolute Gasteiger partial charge is 0.485 e. The summed E-state index contributed by atoms with van der Waals surface area (Å²) in [5, 5.41) is 8.64. The lowest BCUT2D eigenvalue weighted by molar-refractivity contribution is 0.295. The summed E-state index contributed by atoms with van der Waals surface area (Å²) in [5.74, 6) is 3.25. The molecule has 0 radical (unpaired) electrons. The molecule has 0 amide bonds. The van der Waals surface area contributed by atoms with Crippen molar-refractivity contribution in [2.45, 2.75) is 39.3 Å². The van der Waals surface area contributed by atoms with Crippen LogP contribution in [0.1, 0.15) is 31.4 Å². The van der Waals surface area contributed by atoms with Gasteiger partial charge in [0.1, 0.15) is 18.2 Å². The van der Waals surface area contributed by atoms with Crippen LogP contribution in [0.15, 0.2) is 24.3 Å². The molecule has 0 aliphatic carbocycles. The Morgan fingerprint density at radius 2 is 2.17 bits per heavy atom. The molecule has 1 aromatic heterocycles. The summed E-state index contributed by atoms with van der Waals surface area (Å²) in [7, 11) is 0.